The van der Waals surface area contributed by atoms with Crippen LogP contribution in [0.5, 0.6) is 0 Å². The topological polar surface area (TPSA) is 84.2 Å². The van der Waals surface area contributed by atoms with Gasteiger partial charge in [-0.15, -0.1) is 0 Å². The fraction of sp³-hybridized carbons (Fsp3) is 0.0526. The van der Waals surface area contributed by atoms with E-state index in [2.05, 4.69) is 10.6 Å². The summed E-state index contributed by atoms with van der Waals surface area (Å²) >= 11 is 0. The molecular weight excluding hydrogens is 302 g/mol. The Balaban J connectivity index is 1.77. The van der Waals surface area contributed by atoms with Crippen LogP contribution in [0.1, 0.15) is 5.56 Å². The fourth-order valence-electron chi connectivity index (χ4n) is 2.49. The molecule has 5 nitrogen and oxygen atoms in total. The zero-order valence-electron chi connectivity index (χ0n) is 13.2. The van der Waals surface area contributed by atoms with Crippen LogP contribution in [0.4, 0.5) is 17.1 Å². The van der Waals surface area contributed by atoms with Gasteiger partial charge >= 0.3 is 11.8 Å². The van der Waals surface area contributed by atoms with Gasteiger partial charge in [-0.1, -0.05) is 42.5 Å². The minimum absolute atomic E-state index is 0.415. The van der Waals surface area contributed by atoms with Crippen LogP contribution in [0.25, 0.3) is 10.8 Å². The van der Waals surface area contributed by atoms with Crippen molar-refractivity contribution >= 4 is 39.6 Å². The van der Waals surface area contributed by atoms with E-state index in [4.69, 9.17) is 5.73 Å². The first-order chi connectivity index (χ1) is 11.5. The molecule has 2 amide bonds. The van der Waals surface area contributed by atoms with Gasteiger partial charge < -0.3 is 16.4 Å². The van der Waals surface area contributed by atoms with E-state index in [-0.39, 0.29) is 0 Å². The second kappa shape index (κ2) is 6.42. The van der Waals surface area contributed by atoms with Gasteiger partial charge in [0.15, 0.2) is 0 Å². The van der Waals surface area contributed by atoms with E-state index >= 15 is 0 Å². The van der Waals surface area contributed by atoms with Gasteiger partial charge in [0.1, 0.15) is 0 Å². The molecule has 0 unspecified atom stereocenters. The summed E-state index contributed by atoms with van der Waals surface area (Å²) in [5.41, 5.74) is 8.25. The van der Waals surface area contributed by atoms with Crippen molar-refractivity contribution < 1.29 is 9.59 Å². The van der Waals surface area contributed by atoms with Crippen LogP contribution in [-0.2, 0) is 9.59 Å². The maximum Gasteiger partial charge on any atom is 0.314 e. The summed E-state index contributed by atoms with van der Waals surface area (Å²) in [6.07, 6.45) is 0. The number of carbonyl (C=O) groups excluding carboxylic acids is 2. The fourth-order valence-corrected chi connectivity index (χ4v) is 2.49. The molecule has 3 aromatic rings. The Hall–Kier alpha value is -3.34. The lowest BCUT2D eigenvalue weighted by atomic mass is 10.1. The number of hydrogen-bond acceptors (Lipinski definition) is 3. The SMILES string of the molecule is Cc1ccc(NC(=O)C(=O)Nc2cccc3ccccc23)c(N)c1. The molecule has 0 saturated carbocycles. The third-order valence-electron chi connectivity index (χ3n) is 3.70. The zero-order valence-corrected chi connectivity index (χ0v) is 13.2. The molecule has 0 bridgehead atoms. The van der Waals surface area contributed by atoms with Crippen molar-refractivity contribution in [3.05, 3.63) is 66.2 Å². The summed E-state index contributed by atoms with van der Waals surface area (Å²) < 4.78 is 0. The minimum Gasteiger partial charge on any atom is -0.397 e. The van der Waals surface area contributed by atoms with E-state index in [1.807, 2.05) is 49.4 Å². The lowest BCUT2D eigenvalue weighted by Gasteiger charge is -2.10. The van der Waals surface area contributed by atoms with Crippen LogP contribution in [0.2, 0.25) is 0 Å². The van der Waals surface area contributed by atoms with Gasteiger partial charge in [0.2, 0.25) is 0 Å². The molecule has 0 spiro atoms. The van der Waals surface area contributed by atoms with Gasteiger partial charge in [-0.05, 0) is 36.1 Å². The summed E-state index contributed by atoms with van der Waals surface area (Å²) in [4.78, 5) is 24.3. The van der Waals surface area contributed by atoms with E-state index in [9.17, 15) is 9.59 Å². The number of fused-ring (bicyclic) bond motifs is 1. The molecule has 4 N–H and O–H groups in total. The number of aryl methyl sites for hydroxylation is 1. The second-order valence-electron chi connectivity index (χ2n) is 5.53. The molecule has 3 aromatic carbocycles. The highest BCUT2D eigenvalue weighted by molar-refractivity contribution is 6.44. The van der Waals surface area contributed by atoms with Crippen LogP contribution in [0.15, 0.2) is 60.7 Å². The molecule has 3 rings (SSSR count). The van der Waals surface area contributed by atoms with Gasteiger partial charge in [-0.25, -0.2) is 0 Å². The Kier molecular flexibility index (Phi) is 4.16. The standard InChI is InChI=1S/C19H17N3O2/c1-12-9-10-17(15(20)11-12)22-19(24)18(23)21-16-8-4-6-13-5-2-3-7-14(13)16/h2-11H,20H2,1H3,(H,21,23)(H,22,24). The molecule has 0 aliphatic carbocycles. The summed E-state index contributed by atoms with van der Waals surface area (Å²) in [5.74, 6) is -1.51. The van der Waals surface area contributed by atoms with E-state index in [0.717, 1.165) is 16.3 Å². The van der Waals surface area contributed by atoms with Crippen molar-refractivity contribution in [2.24, 2.45) is 0 Å². The maximum atomic E-state index is 12.2. The number of benzene rings is 3. The first-order valence-corrected chi connectivity index (χ1v) is 7.51. The Bertz CT molecular complexity index is 930. The Morgan fingerprint density at radius 3 is 2.25 bits per heavy atom. The Morgan fingerprint density at radius 1 is 0.833 bits per heavy atom. The van der Waals surface area contributed by atoms with Crippen molar-refractivity contribution in [1.29, 1.82) is 0 Å². The monoisotopic (exact) mass is 319 g/mol. The minimum atomic E-state index is -0.765. The van der Waals surface area contributed by atoms with E-state index in [1.54, 1.807) is 18.2 Å². The average Bonchev–Trinajstić information content (AvgIpc) is 2.57. The largest absolute Gasteiger partial charge is 0.397 e. The zero-order chi connectivity index (χ0) is 17.1. The summed E-state index contributed by atoms with van der Waals surface area (Å²) in [5, 5.41) is 7.03. The van der Waals surface area contributed by atoms with Crippen molar-refractivity contribution in [1.82, 2.24) is 0 Å². The van der Waals surface area contributed by atoms with Gasteiger partial charge in [-0.2, -0.15) is 0 Å². The van der Waals surface area contributed by atoms with E-state index < -0.39 is 11.8 Å². The number of rotatable bonds is 2. The molecule has 5 heteroatoms. The van der Waals surface area contributed by atoms with Crippen molar-refractivity contribution in [2.75, 3.05) is 16.4 Å². The molecule has 0 aliphatic rings. The lowest BCUT2D eigenvalue weighted by molar-refractivity contribution is -0.132. The smallest absolute Gasteiger partial charge is 0.314 e. The van der Waals surface area contributed by atoms with Gasteiger partial charge in [-0.3, -0.25) is 9.59 Å². The molecule has 0 aromatic heterocycles. The number of hydrogen-bond donors (Lipinski definition) is 3. The lowest BCUT2D eigenvalue weighted by Crippen LogP contribution is -2.29. The molecule has 0 aliphatic heterocycles. The highest BCUT2D eigenvalue weighted by Crippen LogP contribution is 2.23. The molecule has 24 heavy (non-hydrogen) atoms. The molecule has 0 heterocycles. The molecule has 0 saturated heterocycles. The predicted octanol–water partition coefficient (Wildman–Crippen LogP) is 3.31. The number of nitrogens with one attached hydrogen (secondary N) is 2. The van der Waals surface area contributed by atoms with E-state index in [1.165, 1.54) is 0 Å². The Morgan fingerprint density at radius 2 is 1.50 bits per heavy atom. The van der Waals surface area contributed by atoms with Gasteiger partial charge in [0.05, 0.1) is 11.4 Å². The third kappa shape index (κ3) is 3.20. The first-order valence-electron chi connectivity index (χ1n) is 7.51. The molecule has 0 fully saturated rings. The van der Waals surface area contributed by atoms with Crippen molar-refractivity contribution in [2.45, 2.75) is 6.92 Å². The number of nitrogens with two attached hydrogens (primary N) is 1. The van der Waals surface area contributed by atoms with Crippen molar-refractivity contribution in [3.63, 3.8) is 0 Å². The van der Waals surface area contributed by atoms with Crippen molar-refractivity contribution in [3.8, 4) is 0 Å². The normalized spacial score (nSPS) is 10.4. The predicted molar refractivity (Wildman–Crippen MR) is 96.8 cm³/mol. The quantitative estimate of drug-likeness (QED) is 0.500. The summed E-state index contributed by atoms with van der Waals surface area (Å²) in [6, 6.07) is 18.4. The third-order valence-corrected chi connectivity index (χ3v) is 3.70. The first kappa shape index (κ1) is 15.6. The van der Waals surface area contributed by atoms with Gasteiger partial charge in [0.25, 0.3) is 0 Å². The number of nitrogen functional groups attached to an aromatic ring is 1. The van der Waals surface area contributed by atoms with Crippen LogP contribution >= 0.6 is 0 Å². The molecular formula is C19H17N3O2. The van der Waals surface area contributed by atoms with Crippen LogP contribution in [-0.4, -0.2) is 11.8 Å². The highest BCUT2D eigenvalue weighted by atomic mass is 16.2. The number of carbonyl (C=O) groups is 2. The van der Waals surface area contributed by atoms with Crippen LogP contribution in [0.3, 0.4) is 0 Å². The summed E-state index contributed by atoms with van der Waals surface area (Å²) in [6.45, 7) is 1.90. The van der Waals surface area contributed by atoms with E-state index in [0.29, 0.717) is 17.1 Å². The number of anilines is 3. The van der Waals surface area contributed by atoms with Gasteiger partial charge in [0, 0.05) is 11.1 Å². The summed E-state index contributed by atoms with van der Waals surface area (Å²) in [7, 11) is 0. The Labute approximate surface area is 139 Å². The average molecular weight is 319 g/mol. The number of amides is 2. The molecule has 120 valence electrons. The van der Waals surface area contributed by atoms with Crippen LogP contribution in [0, 0.1) is 6.92 Å². The highest BCUT2D eigenvalue weighted by Gasteiger charge is 2.16. The maximum absolute atomic E-state index is 12.2. The molecule has 0 atom stereocenters. The molecule has 0 radical (unpaired) electrons. The second-order valence-corrected chi connectivity index (χ2v) is 5.53. The van der Waals surface area contributed by atoms with Crippen LogP contribution < -0.4 is 16.4 Å².